The Labute approximate surface area is 330 Å². The first-order chi connectivity index (χ1) is 26.8. The van der Waals surface area contributed by atoms with Gasteiger partial charge in [0.25, 0.3) is 0 Å². The highest BCUT2D eigenvalue weighted by atomic mass is 16.8. The Morgan fingerprint density at radius 3 is 2.52 bits per heavy atom. The topological polar surface area (TPSA) is 174 Å². The highest BCUT2D eigenvalue weighted by Gasteiger charge is 2.49. The van der Waals surface area contributed by atoms with Gasteiger partial charge in [-0.15, -0.1) is 0 Å². The lowest BCUT2D eigenvalue weighted by molar-refractivity contribution is -0.349. The Morgan fingerprint density at radius 2 is 1.82 bits per heavy atom. The molecule has 1 aromatic carbocycles. The number of carbonyl (C=O) groups excluding carboxylic acids is 3. The molecule has 3 N–H and O–H groups in total. The molecule has 1 aromatic heterocycles. The zero-order chi connectivity index (χ0) is 40.9. The van der Waals surface area contributed by atoms with Gasteiger partial charge in [0, 0.05) is 42.9 Å². The highest BCUT2D eigenvalue weighted by molar-refractivity contribution is 5.91. The van der Waals surface area contributed by atoms with Crippen LogP contribution in [-0.4, -0.2) is 127 Å². The van der Waals surface area contributed by atoms with Gasteiger partial charge in [-0.1, -0.05) is 68.8 Å². The fraction of sp³-hybridized carbons (Fsp3) is 0.581. The zero-order valence-electron chi connectivity index (χ0n) is 33.6. The Morgan fingerprint density at radius 1 is 1.07 bits per heavy atom. The number of hydrogen-bond acceptors (Lipinski definition) is 13. The second-order valence-electron chi connectivity index (χ2n) is 15.2. The summed E-state index contributed by atoms with van der Waals surface area (Å²) >= 11 is 0. The second kappa shape index (κ2) is 21.8. The fourth-order valence-electron chi connectivity index (χ4n) is 7.61. The van der Waals surface area contributed by atoms with Gasteiger partial charge in [-0.05, 0) is 63.6 Å². The summed E-state index contributed by atoms with van der Waals surface area (Å²) in [5, 5.41) is 35.6. The van der Waals surface area contributed by atoms with Gasteiger partial charge in [-0.2, -0.15) is 0 Å². The first-order valence-corrected chi connectivity index (χ1v) is 19.4. The summed E-state index contributed by atoms with van der Waals surface area (Å²) < 4.78 is 29.7. The third-order valence-corrected chi connectivity index (χ3v) is 10.7. The first-order valence-electron chi connectivity index (χ1n) is 19.4. The number of esters is 1. The van der Waals surface area contributed by atoms with Crippen LogP contribution in [-0.2, 0) is 38.1 Å². The highest BCUT2D eigenvalue weighted by Crippen LogP contribution is 2.35. The summed E-state index contributed by atoms with van der Waals surface area (Å²) in [4.78, 5) is 45.0. The standard InChI is InChI=1S/C43H60N2O11/c1-8-36-32(25-52-7)20-26(2)15-16-34(47)27(3)21-31(17-18-46)40(28(4)35(48)23-37(49)54-36)55-43-39(50)38(45(5)6)41(42(51)56-43)53-19-11-12-29-22-30-13-9-10-14-33(30)44-24-29/h9-16,18,20,22,24,27-28,31-32,35-36,38-43,48,50-51H,8,17,19,21,23,25H2,1-7H3/b12-11+,16-15+,26-20+/t27-,28+,31+,32-,35-,36-,38-,39-,40-,41+,42+,43-/m1/s1. The quantitative estimate of drug-likeness (QED) is 0.206. The number of fused-ring (bicyclic) bond motifs is 1. The van der Waals surface area contributed by atoms with Crippen LogP contribution in [0.5, 0.6) is 0 Å². The number of likely N-dealkylation sites (N-methyl/N-ethyl adjacent to an activating group) is 1. The molecular formula is C43H60N2O11. The molecule has 308 valence electrons. The molecule has 0 amide bonds. The number of aliphatic hydroxyl groups is 3. The van der Waals surface area contributed by atoms with Crippen LogP contribution in [0.4, 0.5) is 0 Å². The van der Waals surface area contributed by atoms with Crippen LogP contribution >= 0.6 is 0 Å². The van der Waals surface area contributed by atoms with Crippen molar-refractivity contribution in [1.82, 2.24) is 9.88 Å². The number of pyridine rings is 1. The zero-order valence-corrected chi connectivity index (χ0v) is 33.6. The van der Waals surface area contributed by atoms with E-state index in [1.54, 1.807) is 58.3 Å². The van der Waals surface area contributed by atoms with Crippen molar-refractivity contribution < 1.29 is 53.4 Å². The van der Waals surface area contributed by atoms with Crippen LogP contribution in [0.15, 0.2) is 66.4 Å². The molecule has 0 aliphatic carbocycles. The van der Waals surface area contributed by atoms with E-state index in [1.807, 2.05) is 56.3 Å². The monoisotopic (exact) mass is 780 g/mol. The number of benzene rings is 1. The predicted molar refractivity (Wildman–Crippen MR) is 211 cm³/mol. The maximum absolute atomic E-state index is 13.4. The number of cyclic esters (lactones) is 1. The molecule has 2 aliphatic rings. The van der Waals surface area contributed by atoms with Crippen LogP contribution in [0, 0.1) is 23.7 Å². The minimum Gasteiger partial charge on any atom is -0.462 e. The van der Waals surface area contributed by atoms with Gasteiger partial charge in [0.1, 0.15) is 24.6 Å². The third kappa shape index (κ3) is 12.2. The van der Waals surface area contributed by atoms with E-state index in [1.165, 1.54) is 6.08 Å². The van der Waals surface area contributed by atoms with Crippen molar-refractivity contribution in [3.63, 3.8) is 0 Å². The van der Waals surface area contributed by atoms with Crippen LogP contribution in [0.3, 0.4) is 0 Å². The molecule has 2 aliphatic heterocycles. The Bertz CT molecular complexity index is 1680. The number of nitrogens with zero attached hydrogens (tertiary/aromatic N) is 2. The Hall–Kier alpha value is -3.66. The van der Waals surface area contributed by atoms with E-state index in [2.05, 4.69) is 4.98 Å². The molecule has 0 unspecified atom stereocenters. The first kappa shape index (κ1) is 45.0. The van der Waals surface area contributed by atoms with Crippen LogP contribution in [0.1, 0.15) is 58.9 Å². The number of aldehydes is 1. The van der Waals surface area contributed by atoms with E-state index in [-0.39, 0.29) is 44.2 Å². The van der Waals surface area contributed by atoms with Gasteiger partial charge in [-0.3, -0.25) is 14.6 Å². The molecule has 0 spiro atoms. The molecule has 13 heteroatoms. The van der Waals surface area contributed by atoms with Crippen molar-refractivity contribution in [1.29, 1.82) is 0 Å². The third-order valence-electron chi connectivity index (χ3n) is 10.7. The van der Waals surface area contributed by atoms with Crippen molar-refractivity contribution in [2.45, 2.75) is 103 Å². The van der Waals surface area contributed by atoms with Crippen molar-refractivity contribution >= 4 is 35.0 Å². The molecule has 12 atom stereocenters. The summed E-state index contributed by atoms with van der Waals surface area (Å²) in [5.74, 6) is -3.10. The lowest BCUT2D eigenvalue weighted by Gasteiger charge is -2.47. The maximum atomic E-state index is 13.4. The number of aliphatic hydroxyl groups excluding tert-OH is 3. The van der Waals surface area contributed by atoms with Crippen molar-refractivity contribution in [3.8, 4) is 0 Å². The number of hydrogen-bond donors (Lipinski definition) is 3. The minimum atomic E-state index is -1.54. The van der Waals surface area contributed by atoms with Crippen LogP contribution in [0.25, 0.3) is 17.0 Å². The summed E-state index contributed by atoms with van der Waals surface area (Å²) in [5.41, 5.74) is 2.54. The van der Waals surface area contributed by atoms with E-state index in [0.717, 1.165) is 28.3 Å². The van der Waals surface area contributed by atoms with Gasteiger partial charge >= 0.3 is 5.97 Å². The summed E-state index contributed by atoms with van der Waals surface area (Å²) in [7, 11) is 5.02. The summed E-state index contributed by atoms with van der Waals surface area (Å²) in [6.07, 6.45) is 3.29. The van der Waals surface area contributed by atoms with Crippen LogP contribution in [0.2, 0.25) is 0 Å². The predicted octanol–water partition coefficient (Wildman–Crippen LogP) is 4.27. The maximum Gasteiger partial charge on any atom is 0.308 e. The number of methoxy groups -OCH3 is 1. The van der Waals surface area contributed by atoms with E-state index >= 15 is 0 Å². The Balaban J connectivity index is 1.57. The van der Waals surface area contributed by atoms with E-state index < -0.39 is 72.9 Å². The average molecular weight is 781 g/mol. The number of para-hydroxylation sites is 1. The van der Waals surface area contributed by atoms with Crippen molar-refractivity contribution in [3.05, 3.63) is 72.0 Å². The molecule has 2 aromatic rings. The number of allylic oxidation sites excluding steroid dienone is 3. The smallest absolute Gasteiger partial charge is 0.308 e. The molecule has 13 nitrogen and oxygen atoms in total. The molecule has 0 saturated carbocycles. The lowest BCUT2D eigenvalue weighted by atomic mass is 9.79. The number of ketones is 1. The molecule has 1 fully saturated rings. The molecular weight excluding hydrogens is 720 g/mol. The number of aromatic nitrogens is 1. The molecule has 56 heavy (non-hydrogen) atoms. The normalized spacial score (nSPS) is 34.3. The molecule has 1 saturated heterocycles. The van der Waals surface area contributed by atoms with Crippen LogP contribution < -0.4 is 0 Å². The van der Waals surface area contributed by atoms with Gasteiger partial charge in [0.15, 0.2) is 18.4 Å². The van der Waals surface area contributed by atoms with Crippen molar-refractivity contribution in [2.75, 3.05) is 34.4 Å². The van der Waals surface area contributed by atoms with Crippen molar-refractivity contribution in [2.24, 2.45) is 23.7 Å². The molecule has 3 heterocycles. The molecule has 0 radical (unpaired) electrons. The van der Waals surface area contributed by atoms with Gasteiger partial charge in [-0.25, -0.2) is 0 Å². The largest absolute Gasteiger partial charge is 0.462 e. The summed E-state index contributed by atoms with van der Waals surface area (Å²) in [6, 6.07) is 8.99. The van der Waals surface area contributed by atoms with E-state index in [9.17, 15) is 29.7 Å². The second-order valence-corrected chi connectivity index (χ2v) is 15.2. The lowest BCUT2D eigenvalue weighted by Crippen LogP contribution is -2.64. The summed E-state index contributed by atoms with van der Waals surface area (Å²) in [6.45, 7) is 7.53. The Kier molecular flexibility index (Phi) is 17.5. The van der Waals surface area contributed by atoms with Gasteiger partial charge in [0.05, 0.1) is 43.4 Å². The van der Waals surface area contributed by atoms with E-state index in [4.69, 9.17) is 23.7 Å². The molecule has 4 rings (SSSR count). The number of ether oxygens (including phenoxy) is 5. The average Bonchev–Trinajstić information content (AvgIpc) is 3.16. The minimum absolute atomic E-state index is 0.0453. The fourth-order valence-corrected chi connectivity index (χ4v) is 7.61. The molecule has 0 bridgehead atoms. The SMILES string of the molecule is CC[C@H]1OC(=O)C[C@@H](O)[C@H](C)[C@@H](O[C@@H]2O[C@H](O)[C@@H](OC/C=C/c3cnc4ccccc4c3)[C@H](N(C)C)[C@H]2O)[C@@H](CC=O)C[C@@H](C)C(=O)/C=C/C(C)=C/[C@@H]1COC. The number of rotatable bonds is 12. The van der Waals surface area contributed by atoms with Gasteiger partial charge in [0.2, 0.25) is 0 Å². The van der Waals surface area contributed by atoms with Gasteiger partial charge < -0.3 is 48.7 Å². The number of carbonyl (C=O) groups is 3. The van der Waals surface area contributed by atoms with E-state index in [0.29, 0.717) is 6.42 Å².